The van der Waals surface area contributed by atoms with Crippen LogP contribution in [0.25, 0.3) is 0 Å². The van der Waals surface area contributed by atoms with Gasteiger partial charge in [0.25, 0.3) is 11.6 Å². The number of amides is 1. The second-order valence-corrected chi connectivity index (χ2v) is 5.12. The predicted molar refractivity (Wildman–Crippen MR) is 84.0 cm³/mol. The van der Waals surface area contributed by atoms with E-state index in [2.05, 4.69) is 26.5 Å². The number of aromatic hydroxyl groups is 1. The van der Waals surface area contributed by atoms with E-state index in [1.165, 1.54) is 12.1 Å². The molecule has 112 valence electrons. The van der Waals surface area contributed by atoms with Crippen LogP contribution < -0.4 is 5.43 Å². The summed E-state index contributed by atoms with van der Waals surface area (Å²) >= 11 is 3.26. The standard InChI is InChI=1S/C14H10BrN3O4/c15-11-3-1-9(2-4-11)14(20)17-16-8-10-7-12(19)5-6-13(10)18(21)22/h1-8,19H,(H,17,20)/b16-8-. The molecule has 0 aliphatic carbocycles. The molecule has 2 N–H and O–H groups in total. The first-order chi connectivity index (χ1) is 10.5. The number of carbonyl (C=O) groups is 1. The number of nitro groups is 1. The molecule has 8 heteroatoms. The average molecular weight is 364 g/mol. The fourth-order valence-electron chi connectivity index (χ4n) is 1.64. The quantitative estimate of drug-likeness (QED) is 0.494. The minimum absolute atomic E-state index is 0.0844. The van der Waals surface area contributed by atoms with Gasteiger partial charge in [-0.25, -0.2) is 5.43 Å². The first-order valence-corrected chi connectivity index (χ1v) is 6.83. The van der Waals surface area contributed by atoms with Crippen LogP contribution in [-0.4, -0.2) is 22.2 Å². The zero-order valence-electron chi connectivity index (χ0n) is 11.1. The number of rotatable bonds is 4. The Morgan fingerprint density at radius 1 is 1.27 bits per heavy atom. The van der Waals surface area contributed by atoms with E-state index in [4.69, 9.17) is 0 Å². The van der Waals surface area contributed by atoms with Gasteiger partial charge in [0.2, 0.25) is 0 Å². The van der Waals surface area contributed by atoms with E-state index in [1.54, 1.807) is 24.3 Å². The van der Waals surface area contributed by atoms with Gasteiger partial charge < -0.3 is 5.11 Å². The van der Waals surface area contributed by atoms with Gasteiger partial charge in [0.15, 0.2) is 0 Å². The molecule has 0 fully saturated rings. The van der Waals surface area contributed by atoms with E-state index in [1.807, 2.05) is 0 Å². The van der Waals surface area contributed by atoms with Crippen LogP contribution in [0.3, 0.4) is 0 Å². The average Bonchev–Trinajstić information content (AvgIpc) is 2.47. The molecule has 0 aliphatic heterocycles. The molecule has 0 atom stereocenters. The van der Waals surface area contributed by atoms with Gasteiger partial charge in [-0.05, 0) is 36.4 Å². The first kappa shape index (κ1) is 15.6. The number of benzene rings is 2. The van der Waals surface area contributed by atoms with Gasteiger partial charge in [0.1, 0.15) is 5.75 Å². The second-order valence-electron chi connectivity index (χ2n) is 4.21. The van der Waals surface area contributed by atoms with Crippen molar-refractivity contribution in [1.29, 1.82) is 0 Å². The van der Waals surface area contributed by atoms with Gasteiger partial charge in [0.05, 0.1) is 16.7 Å². The molecular formula is C14H10BrN3O4. The Balaban J connectivity index is 2.12. The minimum atomic E-state index is -0.600. The van der Waals surface area contributed by atoms with Crippen LogP contribution in [0.15, 0.2) is 52.0 Å². The molecule has 0 unspecified atom stereocenters. The van der Waals surface area contributed by atoms with E-state index in [0.29, 0.717) is 5.56 Å². The Morgan fingerprint density at radius 2 is 1.95 bits per heavy atom. The molecule has 0 spiro atoms. The second kappa shape index (κ2) is 6.81. The molecule has 7 nitrogen and oxygen atoms in total. The van der Waals surface area contributed by atoms with Crippen LogP contribution in [0.4, 0.5) is 5.69 Å². The van der Waals surface area contributed by atoms with Gasteiger partial charge in [-0.2, -0.15) is 5.10 Å². The van der Waals surface area contributed by atoms with Crippen molar-refractivity contribution < 1.29 is 14.8 Å². The van der Waals surface area contributed by atoms with Crippen molar-refractivity contribution >= 4 is 33.7 Å². The van der Waals surface area contributed by atoms with Crippen molar-refractivity contribution in [1.82, 2.24) is 5.43 Å². The predicted octanol–water partition coefficient (Wildman–Crippen LogP) is 2.83. The third-order valence-electron chi connectivity index (χ3n) is 2.68. The zero-order chi connectivity index (χ0) is 16.1. The SMILES string of the molecule is O=C(N/N=C\c1cc(O)ccc1[N+](=O)[O-])c1ccc(Br)cc1. The number of halogens is 1. The summed E-state index contributed by atoms with van der Waals surface area (Å²) in [4.78, 5) is 22.1. The van der Waals surface area contributed by atoms with E-state index >= 15 is 0 Å². The summed E-state index contributed by atoms with van der Waals surface area (Å²) < 4.78 is 0.836. The third kappa shape index (κ3) is 3.89. The summed E-state index contributed by atoms with van der Waals surface area (Å²) in [5.41, 5.74) is 2.52. The van der Waals surface area contributed by atoms with Gasteiger partial charge >= 0.3 is 0 Å². The van der Waals surface area contributed by atoms with Crippen LogP contribution in [0, 0.1) is 10.1 Å². The largest absolute Gasteiger partial charge is 0.508 e. The van der Waals surface area contributed by atoms with E-state index in [0.717, 1.165) is 16.8 Å². The summed E-state index contributed by atoms with van der Waals surface area (Å²) in [6.07, 6.45) is 1.11. The van der Waals surface area contributed by atoms with Crippen molar-refractivity contribution in [3.05, 3.63) is 68.2 Å². The molecule has 0 heterocycles. The number of hydrogen-bond acceptors (Lipinski definition) is 5. The Kier molecular flexibility index (Phi) is 4.84. The number of hydrazone groups is 1. The summed E-state index contributed by atoms with van der Waals surface area (Å²) in [6, 6.07) is 10.2. The van der Waals surface area contributed by atoms with Gasteiger partial charge in [-0.15, -0.1) is 0 Å². The van der Waals surface area contributed by atoms with Gasteiger partial charge in [0, 0.05) is 16.1 Å². The molecule has 2 aromatic carbocycles. The number of hydrogen-bond donors (Lipinski definition) is 2. The summed E-state index contributed by atoms with van der Waals surface area (Å²) in [6.45, 7) is 0. The van der Waals surface area contributed by atoms with Crippen LogP contribution >= 0.6 is 15.9 Å². The molecule has 0 saturated carbocycles. The lowest BCUT2D eigenvalue weighted by Crippen LogP contribution is -2.17. The Hall–Kier alpha value is -2.74. The lowest BCUT2D eigenvalue weighted by atomic mass is 10.2. The molecule has 0 bridgehead atoms. The highest BCUT2D eigenvalue weighted by molar-refractivity contribution is 9.10. The molecule has 22 heavy (non-hydrogen) atoms. The molecule has 0 aliphatic rings. The normalized spacial score (nSPS) is 10.6. The lowest BCUT2D eigenvalue weighted by molar-refractivity contribution is -0.385. The maximum absolute atomic E-state index is 11.8. The van der Waals surface area contributed by atoms with Crippen molar-refractivity contribution in [3.8, 4) is 5.75 Å². The van der Waals surface area contributed by atoms with Gasteiger partial charge in [-0.1, -0.05) is 15.9 Å². The van der Waals surface area contributed by atoms with Crippen molar-refractivity contribution in [2.45, 2.75) is 0 Å². The number of phenols is 1. The van der Waals surface area contributed by atoms with Crippen molar-refractivity contribution in [2.75, 3.05) is 0 Å². The topological polar surface area (TPSA) is 105 Å². The lowest BCUT2D eigenvalue weighted by Gasteiger charge is -2.01. The first-order valence-electron chi connectivity index (χ1n) is 6.04. The van der Waals surface area contributed by atoms with Crippen molar-refractivity contribution in [2.24, 2.45) is 5.10 Å². The molecule has 2 aromatic rings. The molecule has 0 radical (unpaired) electrons. The Bertz CT molecular complexity index is 744. The van der Waals surface area contributed by atoms with E-state index in [9.17, 15) is 20.0 Å². The maximum atomic E-state index is 11.8. The summed E-state index contributed by atoms with van der Waals surface area (Å²) in [7, 11) is 0. The highest BCUT2D eigenvalue weighted by Crippen LogP contribution is 2.21. The molecule has 0 aromatic heterocycles. The number of carbonyl (C=O) groups excluding carboxylic acids is 1. The van der Waals surface area contributed by atoms with Crippen LogP contribution in [0.5, 0.6) is 5.75 Å². The highest BCUT2D eigenvalue weighted by Gasteiger charge is 2.12. The van der Waals surface area contributed by atoms with Crippen molar-refractivity contribution in [3.63, 3.8) is 0 Å². The van der Waals surface area contributed by atoms with E-state index < -0.39 is 10.8 Å². The summed E-state index contributed by atoms with van der Waals surface area (Å²) in [5.74, 6) is -0.585. The number of nitrogens with zero attached hydrogens (tertiary/aromatic N) is 2. The van der Waals surface area contributed by atoms with Crippen LogP contribution in [0.2, 0.25) is 0 Å². The van der Waals surface area contributed by atoms with Crippen LogP contribution in [-0.2, 0) is 0 Å². The Labute approximate surface area is 133 Å². The zero-order valence-corrected chi connectivity index (χ0v) is 12.6. The highest BCUT2D eigenvalue weighted by atomic mass is 79.9. The Morgan fingerprint density at radius 3 is 2.59 bits per heavy atom. The van der Waals surface area contributed by atoms with Crippen LogP contribution in [0.1, 0.15) is 15.9 Å². The molecule has 1 amide bonds. The fraction of sp³-hybridized carbons (Fsp3) is 0. The number of nitro benzene ring substituents is 1. The van der Waals surface area contributed by atoms with E-state index in [-0.39, 0.29) is 17.0 Å². The molecule has 2 rings (SSSR count). The number of nitrogens with one attached hydrogen (secondary N) is 1. The fourth-order valence-corrected chi connectivity index (χ4v) is 1.90. The summed E-state index contributed by atoms with van der Waals surface area (Å²) in [5, 5.41) is 23.9. The molecule has 0 saturated heterocycles. The minimum Gasteiger partial charge on any atom is -0.508 e. The van der Waals surface area contributed by atoms with Gasteiger partial charge in [-0.3, -0.25) is 14.9 Å². The maximum Gasteiger partial charge on any atom is 0.278 e. The molecular weight excluding hydrogens is 354 g/mol. The number of phenolic OH excluding ortho intramolecular Hbond substituents is 1. The third-order valence-corrected chi connectivity index (χ3v) is 3.21. The smallest absolute Gasteiger partial charge is 0.278 e. The monoisotopic (exact) mass is 363 g/mol.